The molecular formula is C13H23N3O2. The summed E-state index contributed by atoms with van der Waals surface area (Å²) in [7, 11) is 0. The highest BCUT2D eigenvalue weighted by molar-refractivity contribution is 5.30. The monoisotopic (exact) mass is 253 g/mol. The van der Waals surface area contributed by atoms with E-state index in [4.69, 9.17) is 4.74 Å². The smallest absolute Gasteiger partial charge is 0.293 e. The van der Waals surface area contributed by atoms with E-state index in [0.29, 0.717) is 19.0 Å². The second-order valence-corrected chi connectivity index (χ2v) is 4.17. The number of nitrogens with zero attached hydrogens (tertiary/aromatic N) is 2. The van der Waals surface area contributed by atoms with Gasteiger partial charge in [-0.25, -0.2) is 4.98 Å². The molecule has 0 aliphatic rings. The number of hydrogen-bond acceptors (Lipinski definition) is 4. The lowest BCUT2D eigenvalue weighted by atomic mass is 10.4. The van der Waals surface area contributed by atoms with Crippen LogP contribution in [0.1, 0.15) is 33.1 Å². The Labute approximate surface area is 108 Å². The van der Waals surface area contributed by atoms with Gasteiger partial charge in [-0.3, -0.25) is 4.79 Å². The van der Waals surface area contributed by atoms with Crippen LogP contribution in [0.4, 0.5) is 5.82 Å². The van der Waals surface area contributed by atoms with Gasteiger partial charge in [-0.2, -0.15) is 0 Å². The van der Waals surface area contributed by atoms with Crippen molar-refractivity contribution >= 4 is 5.82 Å². The Hall–Kier alpha value is -1.36. The molecule has 5 heteroatoms. The first kappa shape index (κ1) is 14.7. The van der Waals surface area contributed by atoms with Crippen LogP contribution in [0.2, 0.25) is 0 Å². The second-order valence-electron chi connectivity index (χ2n) is 4.17. The van der Waals surface area contributed by atoms with Crippen molar-refractivity contribution in [1.82, 2.24) is 9.55 Å². The van der Waals surface area contributed by atoms with E-state index in [2.05, 4.69) is 17.2 Å². The van der Waals surface area contributed by atoms with Gasteiger partial charge in [0, 0.05) is 32.1 Å². The maximum absolute atomic E-state index is 11.9. The maximum Gasteiger partial charge on any atom is 0.293 e. The molecule has 0 radical (unpaired) electrons. The first-order valence-corrected chi connectivity index (χ1v) is 6.66. The molecule has 0 fully saturated rings. The van der Waals surface area contributed by atoms with Gasteiger partial charge < -0.3 is 14.6 Å². The zero-order valence-electron chi connectivity index (χ0n) is 11.3. The van der Waals surface area contributed by atoms with E-state index in [1.54, 1.807) is 17.0 Å². The van der Waals surface area contributed by atoms with E-state index in [1.807, 2.05) is 6.92 Å². The third kappa shape index (κ3) is 4.87. The molecule has 102 valence electrons. The Kier molecular flexibility index (Phi) is 7.10. The average Bonchev–Trinajstić information content (AvgIpc) is 2.38. The van der Waals surface area contributed by atoms with E-state index in [-0.39, 0.29) is 5.56 Å². The number of nitrogens with one attached hydrogen (secondary N) is 1. The lowest BCUT2D eigenvalue weighted by Gasteiger charge is -2.08. The summed E-state index contributed by atoms with van der Waals surface area (Å²) in [6.45, 7) is 6.89. The Morgan fingerprint density at radius 3 is 2.89 bits per heavy atom. The van der Waals surface area contributed by atoms with E-state index in [0.717, 1.165) is 32.4 Å². The van der Waals surface area contributed by atoms with Crippen molar-refractivity contribution in [2.45, 2.75) is 39.7 Å². The molecule has 18 heavy (non-hydrogen) atoms. The summed E-state index contributed by atoms with van der Waals surface area (Å²) in [5.41, 5.74) is -0.0621. The van der Waals surface area contributed by atoms with Gasteiger partial charge in [-0.1, -0.05) is 20.3 Å². The Balaban J connectivity index is 2.38. The molecule has 0 amide bonds. The average molecular weight is 253 g/mol. The van der Waals surface area contributed by atoms with E-state index in [9.17, 15) is 4.79 Å². The molecule has 1 aromatic heterocycles. The molecule has 0 spiro atoms. The van der Waals surface area contributed by atoms with Crippen molar-refractivity contribution in [3.63, 3.8) is 0 Å². The van der Waals surface area contributed by atoms with Gasteiger partial charge in [0.25, 0.3) is 5.56 Å². The zero-order chi connectivity index (χ0) is 13.2. The predicted octanol–water partition coefficient (Wildman–Crippen LogP) is 1.88. The standard InChI is InChI=1S/C13H23N3O2/c1-3-5-10-18-11-7-15-12-13(17)16(8-4-2)9-6-14-12/h6,9H,3-5,7-8,10-11H2,1-2H3,(H,14,15). The van der Waals surface area contributed by atoms with Crippen LogP contribution in [0, 0.1) is 0 Å². The van der Waals surface area contributed by atoms with Crippen molar-refractivity contribution in [2.24, 2.45) is 0 Å². The van der Waals surface area contributed by atoms with Crippen LogP contribution in [0.25, 0.3) is 0 Å². The van der Waals surface area contributed by atoms with Gasteiger partial charge in [0.1, 0.15) is 0 Å². The molecule has 0 bridgehead atoms. The van der Waals surface area contributed by atoms with Crippen molar-refractivity contribution in [3.05, 3.63) is 22.7 Å². The quantitative estimate of drug-likeness (QED) is 0.683. The normalized spacial score (nSPS) is 10.6. The molecule has 0 atom stereocenters. The molecule has 0 aliphatic heterocycles. The molecule has 0 aliphatic carbocycles. The Morgan fingerprint density at radius 1 is 1.33 bits per heavy atom. The Bertz CT molecular complexity index is 390. The second kappa shape index (κ2) is 8.69. The fraction of sp³-hybridized carbons (Fsp3) is 0.692. The van der Waals surface area contributed by atoms with Crippen molar-refractivity contribution in [2.75, 3.05) is 25.1 Å². The molecule has 0 aromatic carbocycles. The summed E-state index contributed by atoms with van der Waals surface area (Å²) in [5, 5.41) is 3.02. The van der Waals surface area contributed by atoms with Gasteiger partial charge in [0.15, 0.2) is 5.82 Å². The summed E-state index contributed by atoms with van der Waals surface area (Å²) in [6, 6.07) is 0. The number of unbranched alkanes of at least 4 members (excludes halogenated alkanes) is 1. The molecule has 0 saturated heterocycles. The van der Waals surface area contributed by atoms with Crippen molar-refractivity contribution < 1.29 is 4.74 Å². The highest BCUT2D eigenvalue weighted by Gasteiger charge is 2.02. The van der Waals surface area contributed by atoms with E-state index in [1.165, 1.54) is 0 Å². The van der Waals surface area contributed by atoms with Crippen LogP contribution in [-0.2, 0) is 11.3 Å². The number of ether oxygens (including phenoxy) is 1. The number of hydrogen-bond donors (Lipinski definition) is 1. The predicted molar refractivity (Wildman–Crippen MR) is 73.0 cm³/mol. The molecule has 1 heterocycles. The fourth-order valence-corrected chi connectivity index (χ4v) is 1.58. The summed E-state index contributed by atoms with van der Waals surface area (Å²) < 4.78 is 7.09. The molecule has 1 rings (SSSR count). The van der Waals surface area contributed by atoms with Crippen LogP contribution in [-0.4, -0.2) is 29.3 Å². The zero-order valence-corrected chi connectivity index (χ0v) is 11.3. The SMILES string of the molecule is CCCCOCCNc1nccn(CCC)c1=O. The maximum atomic E-state index is 11.9. The van der Waals surface area contributed by atoms with Gasteiger partial charge >= 0.3 is 0 Å². The highest BCUT2D eigenvalue weighted by Crippen LogP contribution is 1.94. The van der Waals surface area contributed by atoms with Crippen LogP contribution < -0.4 is 10.9 Å². The molecule has 0 unspecified atom stereocenters. The molecule has 1 N–H and O–H groups in total. The Morgan fingerprint density at radius 2 is 2.17 bits per heavy atom. The molecule has 5 nitrogen and oxygen atoms in total. The van der Waals surface area contributed by atoms with Crippen molar-refractivity contribution in [1.29, 1.82) is 0 Å². The van der Waals surface area contributed by atoms with Gasteiger partial charge in [-0.15, -0.1) is 0 Å². The number of aromatic nitrogens is 2. The lowest BCUT2D eigenvalue weighted by Crippen LogP contribution is -2.25. The van der Waals surface area contributed by atoms with Crippen LogP contribution in [0.15, 0.2) is 17.2 Å². The number of anilines is 1. The topological polar surface area (TPSA) is 56.1 Å². The first-order chi connectivity index (χ1) is 8.79. The van der Waals surface area contributed by atoms with E-state index >= 15 is 0 Å². The fourth-order valence-electron chi connectivity index (χ4n) is 1.58. The molecule has 1 aromatic rings. The summed E-state index contributed by atoms with van der Waals surface area (Å²) in [4.78, 5) is 16.0. The third-order valence-electron chi connectivity index (χ3n) is 2.56. The summed E-state index contributed by atoms with van der Waals surface area (Å²) in [5.74, 6) is 0.407. The number of rotatable bonds is 9. The third-order valence-corrected chi connectivity index (χ3v) is 2.56. The number of aryl methyl sites for hydroxylation is 1. The largest absolute Gasteiger partial charge is 0.380 e. The van der Waals surface area contributed by atoms with E-state index < -0.39 is 0 Å². The minimum absolute atomic E-state index is 0.0621. The molecule has 0 saturated carbocycles. The van der Waals surface area contributed by atoms with Crippen LogP contribution in [0.3, 0.4) is 0 Å². The summed E-state index contributed by atoms with van der Waals surface area (Å²) in [6.07, 6.45) is 6.51. The lowest BCUT2D eigenvalue weighted by molar-refractivity contribution is 0.141. The van der Waals surface area contributed by atoms with Crippen LogP contribution >= 0.6 is 0 Å². The highest BCUT2D eigenvalue weighted by atomic mass is 16.5. The summed E-state index contributed by atoms with van der Waals surface area (Å²) >= 11 is 0. The van der Waals surface area contributed by atoms with Gasteiger partial charge in [0.05, 0.1) is 6.61 Å². The first-order valence-electron chi connectivity index (χ1n) is 6.66. The van der Waals surface area contributed by atoms with Gasteiger partial charge in [-0.05, 0) is 12.8 Å². The minimum atomic E-state index is -0.0621. The van der Waals surface area contributed by atoms with Gasteiger partial charge in [0.2, 0.25) is 0 Å². The van der Waals surface area contributed by atoms with Crippen LogP contribution in [0.5, 0.6) is 0 Å². The minimum Gasteiger partial charge on any atom is -0.380 e. The molecular weight excluding hydrogens is 230 g/mol. The van der Waals surface area contributed by atoms with Crippen molar-refractivity contribution in [3.8, 4) is 0 Å².